The van der Waals surface area contributed by atoms with Crippen LogP contribution in [0, 0.1) is 17.2 Å². The molecule has 1 heterocycles. The van der Waals surface area contributed by atoms with Gasteiger partial charge < -0.3 is 11.1 Å². The summed E-state index contributed by atoms with van der Waals surface area (Å²) in [6, 6.07) is 2.33. The molecular weight excluding hydrogens is 202 g/mol. The second-order valence-electron chi connectivity index (χ2n) is 4.01. The van der Waals surface area contributed by atoms with E-state index in [1.165, 1.54) is 6.20 Å². The smallest absolute Gasteiger partial charge is 0.222 e. The maximum atomic E-state index is 8.92. The highest BCUT2D eigenvalue weighted by Crippen LogP contribution is 2.17. The van der Waals surface area contributed by atoms with Crippen molar-refractivity contribution in [2.24, 2.45) is 5.92 Å². The van der Waals surface area contributed by atoms with Crippen LogP contribution in [0.1, 0.15) is 32.8 Å². The van der Waals surface area contributed by atoms with Gasteiger partial charge >= 0.3 is 0 Å². The third kappa shape index (κ3) is 2.83. The SMILES string of the molecule is CC[C@@H](Nc1nc(N)ncc1C#N)C(C)C. The predicted octanol–water partition coefficient (Wildman–Crippen LogP) is 1.78. The molecule has 0 radical (unpaired) electrons. The molecule has 5 heteroatoms. The molecule has 1 aromatic heterocycles. The Morgan fingerprint density at radius 3 is 2.75 bits per heavy atom. The molecule has 0 amide bonds. The number of nitrogens with one attached hydrogen (secondary N) is 1. The lowest BCUT2D eigenvalue weighted by Gasteiger charge is -2.21. The van der Waals surface area contributed by atoms with Crippen molar-refractivity contribution in [3.63, 3.8) is 0 Å². The van der Waals surface area contributed by atoms with E-state index in [1.54, 1.807) is 0 Å². The van der Waals surface area contributed by atoms with E-state index < -0.39 is 0 Å². The molecule has 1 rings (SSSR count). The quantitative estimate of drug-likeness (QED) is 0.805. The first-order valence-corrected chi connectivity index (χ1v) is 5.37. The molecule has 86 valence electrons. The van der Waals surface area contributed by atoms with E-state index in [9.17, 15) is 0 Å². The van der Waals surface area contributed by atoms with E-state index in [0.29, 0.717) is 17.3 Å². The van der Waals surface area contributed by atoms with Crippen LogP contribution in [-0.4, -0.2) is 16.0 Å². The number of hydrogen-bond donors (Lipinski definition) is 2. The Morgan fingerprint density at radius 1 is 1.56 bits per heavy atom. The first-order valence-electron chi connectivity index (χ1n) is 5.37. The zero-order valence-electron chi connectivity index (χ0n) is 9.86. The Morgan fingerprint density at radius 2 is 2.25 bits per heavy atom. The first-order chi connectivity index (χ1) is 7.58. The number of aromatic nitrogens is 2. The second kappa shape index (κ2) is 5.31. The van der Waals surface area contributed by atoms with Crippen molar-refractivity contribution in [1.82, 2.24) is 9.97 Å². The number of nitriles is 1. The molecule has 0 unspecified atom stereocenters. The van der Waals surface area contributed by atoms with Crippen LogP contribution in [0.2, 0.25) is 0 Å². The van der Waals surface area contributed by atoms with Crippen molar-refractivity contribution in [3.05, 3.63) is 11.8 Å². The van der Waals surface area contributed by atoms with Crippen LogP contribution in [0.3, 0.4) is 0 Å². The first kappa shape index (κ1) is 12.2. The molecule has 0 saturated carbocycles. The topological polar surface area (TPSA) is 87.6 Å². The van der Waals surface area contributed by atoms with Crippen LogP contribution < -0.4 is 11.1 Å². The molecule has 1 aromatic rings. The normalized spacial score (nSPS) is 12.2. The van der Waals surface area contributed by atoms with Crippen LogP contribution in [-0.2, 0) is 0 Å². The van der Waals surface area contributed by atoms with Crippen LogP contribution in [0.25, 0.3) is 0 Å². The summed E-state index contributed by atoms with van der Waals surface area (Å²) in [5.41, 5.74) is 5.93. The molecule has 0 aliphatic heterocycles. The maximum Gasteiger partial charge on any atom is 0.222 e. The molecule has 0 aliphatic carbocycles. The molecule has 0 aromatic carbocycles. The molecule has 0 spiro atoms. The van der Waals surface area contributed by atoms with Gasteiger partial charge in [0.15, 0.2) is 0 Å². The Hall–Kier alpha value is -1.83. The molecule has 3 N–H and O–H groups in total. The average Bonchev–Trinajstić information content (AvgIpc) is 2.25. The summed E-state index contributed by atoms with van der Waals surface area (Å²) in [6.07, 6.45) is 2.41. The fourth-order valence-corrected chi connectivity index (χ4v) is 1.50. The van der Waals surface area contributed by atoms with Crippen molar-refractivity contribution in [2.75, 3.05) is 11.1 Å². The van der Waals surface area contributed by atoms with Crippen LogP contribution in [0.5, 0.6) is 0 Å². The minimum absolute atomic E-state index is 0.181. The number of rotatable bonds is 4. The largest absolute Gasteiger partial charge is 0.368 e. The Labute approximate surface area is 95.7 Å². The molecule has 0 bridgehead atoms. The minimum Gasteiger partial charge on any atom is -0.368 e. The lowest BCUT2D eigenvalue weighted by atomic mass is 10.0. The fraction of sp³-hybridized carbons (Fsp3) is 0.545. The molecular formula is C11H17N5. The zero-order chi connectivity index (χ0) is 12.1. The van der Waals surface area contributed by atoms with Crippen LogP contribution in [0.15, 0.2) is 6.20 Å². The van der Waals surface area contributed by atoms with Crippen molar-refractivity contribution in [1.29, 1.82) is 5.26 Å². The van der Waals surface area contributed by atoms with Gasteiger partial charge in [-0.3, -0.25) is 0 Å². The average molecular weight is 219 g/mol. The number of nitrogen functional groups attached to an aromatic ring is 1. The summed E-state index contributed by atoms with van der Waals surface area (Å²) in [7, 11) is 0. The molecule has 0 fully saturated rings. The fourth-order valence-electron chi connectivity index (χ4n) is 1.50. The van der Waals surface area contributed by atoms with Crippen LogP contribution >= 0.6 is 0 Å². The van der Waals surface area contributed by atoms with Gasteiger partial charge in [0.05, 0.1) is 6.20 Å². The maximum absolute atomic E-state index is 8.92. The van der Waals surface area contributed by atoms with Gasteiger partial charge in [-0.15, -0.1) is 0 Å². The predicted molar refractivity (Wildman–Crippen MR) is 63.7 cm³/mol. The monoisotopic (exact) mass is 219 g/mol. The van der Waals surface area contributed by atoms with Gasteiger partial charge in [0.25, 0.3) is 0 Å². The number of nitrogens with zero attached hydrogens (tertiary/aromatic N) is 3. The third-order valence-electron chi connectivity index (χ3n) is 2.49. The van der Waals surface area contributed by atoms with Gasteiger partial charge in [-0.05, 0) is 12.3 Å². The molecule has 1 atom stereocenters. The van der Waals surface area contributed by atoms with Gasteiger partial charge in [0, 0.05) is 6.04 Å². The molecule has 16 heavy (non-hydrogen) atoms. The summed E-state index contributed by atoms with van der Waals surface area (Å²) in [5, 5.41) is 12.2. The van der Waals surface area contributed by atoms with Gasteiger partial charge in [-0.2, -0.15) is 10.2 Å². The van der Waals surface area contributed by atoms with E-state index >= 15 is 0 Å². The zero-order valence-corrected chi connectivity index (χ0v) is 9.86. The Kier molecular flexibility index (Phi) is 4.06. The van der Waals surface area contributed by atoms with Crippen LogP contribution in [0.4, 0.5) is 11.8 Å². The van der Waals surface area contributed by atoms with Gasteiger partial charge in [-0.1, -0.05) is 20.8 Å². The standard InChI is InChI=1S/C11H17N5/c1-4-9(7(2)3)15-10-8(5-12)6-14-11(13)16-10/h6-7,9H,4H2,1-3H3,(H3,13,14,15,16)/t9-/m1/s1. The number of nitrogens with two attached hydrogens (primary N) is 1. The second-order valence-corrected chi connectivity index (χ2v) is 4.01. The van der Waals surface area contributed by atoms with E-state index in [0.717, 1.165) is 6.42 Å². The summed E-state index contributed by atoms with van der Waals surface area (Å²) in [5.74, 6) is 1.17. The van der Waals surface area contributed by atoms with Crippen molar-refractivity contribution < 1.29 is 0 Å². The molecule has 0 saturated heterocycles. The van der Waals surface area contributed by atoms with Crippen molar-refractivity contribution >= 4 is 11.8 Å². The highest BCUT2D eigenvalue weighted by molar-refractivity contribution is 5.53. The van der Waals surface area contributed by atoms with Gasteiger partial charge in [-0.25, -0.2) is 4.98 Å². The lowest BCUT2D eigenvalue weighted by Crippen LogP contribution is -2.26. The number of hydrogen-bond acceptors (Lipinski definition) is 5. The molecule has 5 nitrogen and oxygen atoms in total. The van der Waals surface area contributed by atoms with E-state index in [4.69, 9.17) is 11.0 Å². The molecule has 0 aliphatic rings. The summed E-state index contributed by atoms with van der Waals surface area (Å²) in [6.45, 7) is 6.34. The highest BCUT2D eigenvalue weighted by atomic mass is 15.1. The Balaban J connectivity index is 2.95. The van der Waals surface area contributed by atoms with E-state index in [2.05, 4.69) is 36.1 Å². The van der Waals surface area contributed by atoms with Crippen molar-refractivity contribution in [2.45, 2.75) is 33.2 Å². The summed E-state index contributed by atoms with van der Waals surface area (Å²) >= 11 is 0. The third-order valence-corrected chi connectivity index (χ3v) is 2.49. The van der Waals surface area contributed by atoms with E-state index in [-0.39, 0.29) is 12.0 Å². The summed E-state index contributed by atoms with van der Waals surface area (Å²) in [4.78, 5) is 7.84. The minimum atomic E-state index is 0.181. The van der Waals surface area contributed by atoms with Crippen molar-refractivity contribution in [3.8, 4) is 6.07 Å². The van der Waals surface area contributed by atoms with E-state index in [1.807, 2.05) is 6.07 Å². The Bertz CT molecular complexity index is 394. The highest BCUT2D eigenvalue weighted by Gasteiger charge is 2.14. The van der Waals surface area contributed by atoms with Gasteiger partial charge in [0.2, 0.25) is 5.95 Å². The number of anilines is 2. The summed E-state index contributed by atoms with van der Waals surface area (Å²) < 4.78 is 0. The lowest BCUT2D eigenvalue weighted by molar-refractivity contribution is 0.509. The van der Waals surface area contributed by atoms with Gasteiger partial charge in [0.1, 0.15) is 17.5 Å².